The molecule has 11 heteroatoms. The topological polar surface area (TPSA) is 79.0 Å². The number of benzene rings is 2. The van der Waals surface area contributed by atoms with E-state index in [4.69, 9.17) is 39.5 Å². The predicted molar refractivity (Wildman–Crippen MR) is 158 cm³/mol. The Kier molecular flexibility index (Phi) is 12.4. The molecular weight excluding hydrogens is 581 g/mol. The Morgan fingerprint density at radius 1 is 1.00 bits per heavy atom. The van der Waals surface area contributed by atoms with Crippen LogP contribution in [-0.4, -0.2) is 71.0 Å². The molecular formula is C28H38Cl3N3O4S. The van der Waals surface area contributed by atoms with Crippen molar-refractivity contribution in [3.63, 3.8) is 0 Å². The number of amides is 1. The molecule has 0 saturated heterocycles. The number of carbonyl (C=O) groups excluding carboxylic acids is 1. The van der Waals surface area contributed by atoms with Crippen LogP contribution in [0.15, 0.2) is 47.4 Å². The second-order valence-electron chi connectivity index (χ2n) is 10.3. The lowest BCUT2D eigenvalue weighted by molar-refractivity contribution is -0.125. The molecule has 7 nitrogen and oxygen atoms in total. The van der Waals surface area contributed by atoms with Gasteiger partial charge in [0.05, 0.1) is 16.7 Å². The standard InChI is InChI=1S/C28H38Cl3N3O4S/c1-33(2)27(22-11-13-23(29)14-12-22)21-9-7-20(8-10-21)15-16-32-26(35)19-38-18-17-34(3)39(36,37)28-24(30)5-4-6-25(28)31/h4-6,11-14,20-21,27H,7-10,15-19H2,1-3H3,(H,32,35). The van der Waals surface area contributed by atoms with Crippen LogP contribution in [0.1, 0.15) is 43.7 Å². The average molecular weight is 619 g/mol. The van der Waals surface area contributed by atoms with Crippen molar-refractivity contribution in [3.8, 4) is 0 Å². The van der Waals surface area contributed by atoms with Crippen LogP contribution in [0.4, 0.5) is 0 Å². The highest BCUT2D eigenvalue weighted by Crippen LogP contribution is 2.40. The van der Waals surface area contributed by atoms with Gasteiger partial charge < -0.3 is 15.0 Å². The molecule has 1 saturated carbocycles. The molecule has 0 aromatic heterocycles. The smallest absolute Gasteiger partial charge is 0.245 e. The summed E-state index contributed by atoms with van der Waals surface area (Å²) in [5.74, 6) is 0.973. The molecule has 0 aliphatic heterocycles. The first-order chi connectivity index (χ1) is 18.5. The molecule has 0 bridgehead atoms. The summed E-state index contributed by atoms with van der Waals surface area (Å²) in [6.07, 6.45) is 5.54. The van der Waals surface area contributed by atoms with Crippen molar-refractivity contribution in [2.45, 2.75) is 43.0 Å². The number of hydrogen-bond donors (Lipinski definition) is 1. The van der Waals surface area contributed by atoms with Crippen LogP contribution in [0, 0.1) is 11.8 Å². The van der Waals surface area contributed by atoms with E-state index in [9.17, 15) is 13.2 Å². The Morgan fingerprint density at radius 2 is 1.62 bits per heavy atom. The van der Waals surface area contributed by atoms with E-state index < -0.39 is 10.0 Å². The van der Waals surface area contributed by atoms with Gasteiger partial charge in [0.15, 0.2) is 0 Å². The zero-order chi connectivity index (χ0) is 28.6. The number of ether oxygens (including phenoxy) is 1. The molecule has 1 aliphatic rings. The van der Waals surface area contributed by atoms with Gasteiger partial charge in [-0.3, -0.25) is 4.79 Å². The van der Waals surface area contributed by atoms with Crippen LogP contribution in [0.3, 0.4) is 0 Å². The maximum absolute atomic E-state index is 12.8. The Labute approximate surface area is 247 Å². The van der Waals surface area contributed by atoms with E-state index in [0.29, 0.717) is 24.4 Å². The highest BCUT2D eigenvalue weighted by atomic mass is 35.5. The summed E-state index contributed by atoms with van der Waals surface area (Å²) in [7, 11) is 1.81. The van der Waals surface area contributed by atoms with Crippen LogP contribution in [0.2, 0.25) is 15.1 Å². The highest BCUT2D eigenvalue weighted by Gasteiger charge is 2.30. The first kappa shape index (κ1) is 32.1. The van der Waals surface area contributed by atoms with E-state index >= 15 is 0 Å². The summed E-state index contributed by atoms with van der Waals surface area (Å²) >= 11 is 18.2. The lowest BCUT2D eigenvalue weighted by Gasteiger charge is -2.37. The van der Waals surface area contributed by atoms with Crippen molar-refractivity contribution in [1.82, 2.24) is 14.5 Å². The first-order valence-corrected chi connectivity index (χ1v) is 15.7. The van der Waals surface area contributed by atoms with Gasteiger partial charge in [-0.15, -0.1) is 0 Å². The van der Waals surface area contributed by atoms with Crippen molar-refractivity contribution in [2.24, 2.45) is 11.8 Å². The first-order valence-electron chi connectivity index (χ1n) is 13.2. The summed E-state index contributed by atoms with van der Waals surface area (Å²) in [6, 6.07) is 13.1. The summed E-state index contributed by atoms with van der Waals surface area (Å²) in [6.45, 7) is 0.602. The lowest BCUT2D eigenvalue weighted by atomic mass is 9.75. The Bertz CT molecular complexity index is 1170. The SMILES string of the molecule is CN(C)C(c1ccc(Cl)cc1)C1CCC(CCNC(=O)COCCN(C)S(=O)(=O)c2c(Cl)cccc2Cl)CC1. The summed E-state index contributed by atoms with van der Waals surface area (Å²) in [5.41, 5.74) is 1.30. The number of likely N-dealkylation sites (N-methyl/N-ethyl adjacent to an activating group) is 1. The molecule has 1 fully saturated rings. The van der Waals surface area contributed by atoms with Gasteiger partial charge in [0, 0.05) is 31.2 Å². The number of hydrogen-bond acceptors (Lipinski definition) is 5. The molecule has 3 rings (SSSR count). The molecule has 1 amide bonds. The third-order valence-electron chi connectivity index (χ3n) is 7.35. The molecule has 2 aromatic rings. The number of halogens is 3. The van der Waals surface area contributed by atoms with E-state index in [1.54, 1.807) is 6.07 Å². The van der Waals surface area contributed by atoms with Gasteiger partial charge in [-0.25, -0.2) is 8.42 Å². The fourth-order valence-electron chi connectivity index (χ4n) is 5.27. The molecule has 1 N–H and O–H groups in total. The van der Waals surface area contributed by atoms with E-state index in [2.05, 4.69) is 36.4 Å². The van der Waals surface area contributed by atoms with Crippen molar-refractivity contribution < 1.29 is 17.9 Å². The maximum Gasteiger partial charge on any atom is 0.245 e. The van der Waals surface area contributed by atoms with Crippen LogP contribution in [0.5, 0.6) is 0 Å². The van der Waals surface area contributed by atoms with Gasteiger partial charge in [-0.2, -0.15) is 4.31 Å². The monoisotopic (exact) mass is 617 g/mol. The molecule has 39 heavy (non-hydrogen) atoms. The van der Waals surface area contributed by atoms with Crippen molar-refractivity contribution in [1.29, 1.82) is 0 Å². The fraction of sp³-hybridized carbons (Fsp3) is 0.536. The summed E-state index contributed by atoms with van der Waals surface area (Å²) in [5, 5.41) is 3.79. The largest absolute Gasteiger partial charge is 0.370 e. The molecule has 0 radical (unpaired) electrons. The van der Waals surface area contributed by atoms with Crippen molar-refractivity contribution >= 4 is 50.7 Å². The second kappa shape index (κ2) is 15.0. The zero-order valence-electron chi connectivity index (χ0n) is 22.7. The van der Waals surface area contributed by atoms with Gasteiger partial charge in [-0.05, 0) is 75.0 Å². The van der Waals surface area contributed by atoms with E-state index in [0.717, 1.165) is 41.4 Å². The molecule has 1 aliphatic carbocycles. The van der Waals surface area contributed by atoms with Gasteiger partial charge >= 0.3 is 0 Å². The Balaban J connectivity index is 1.34. The Hall–Kier alpha value is -1.39. The van der Waals surface area contributed by atoms with Crippen molar-refractivity contribution in [3.05, 3.63) is 63.1 Å². The number of nitrogens with zero attached hydrogens (tertiary/aromatic N) is 2. The zero-order valence-corrected chi connectivity index (χ0v) is 25.8. The number of nitrogens with one attached hydrogen (secondary N) is 1. The predicted octanol–water partition coefficient (Wildman–Crippen LogP) is 5.90. The van der Waals surface area contributed by atoms with Gasteiger partial charge in [-0.1, -0.05) is 65.8 Å². The normalized spacial score (nSPS) is 18.9. The quantitative estimate of drug-likeness (QED) is 0.283. The van der Waals surface area contributed by atoms with Gasteiger partial charge in [0.2, 0.25) is 15.9 Å². The van der Waals surface area contributed by atoms with Gasteiger partial charge in [0.1, 0.15) is 11.5 Å². The van der Waals surface area contributed by atoms with E-state index in [1.165, 1.54) is 24.7 Å². The minimum atomic E-state index is -3.88. The number of sulfonamides is 1. The minimum absolute atomic E-state index is 0.0576. The molecule has 216 valence electrons. The maximum atomic E-state index is 12.8. The number of carbonyl (C=O) groups is 1. The van der Waals surface area contributed by atoms with Crippen molar-refractivity contribution in [2.75, 3.05) is 47.4 Å². The highest BCUT2D eigenvalue weighted by molar-refractivity contribution is 7.89. The molecule has 0 heterocycles. The summed E-state index contributed by atoms with van der Waals surface area (Å²) < 4.78 is 32.1. The van der Waals surface area contributed by atoms with Crippen LogP contribution in [0.25, 0.3) is 0 Å². The average Bonchev–Trinajstić information content (AvgIpc) is 2.88. The van der Waals surface area contributed by atoms with Crippen LogP contribution < -0.4 is 5.32 Å². The fourth-order valence-corrected chi connectivity index (χ4v) is 7.64. The molecule has 1 unspecified atom stereocenters. The van der Waals surface area contributed by atoms with Gasteiger partial charge in [0.25, 0.3) is 0 Å². The lowest BCUT2D eigenvalue weighted by Crippen LogP contribution is -2.34. The van der Waals surface area contributed by atoms with E-state index in [-0.39, 0.29) is 40.6 Å². The second-order valence-corrected chi connectivity index (χ2v) is 13.5. The molecule has 2 aromatic carbocycles. The number of rotatable bonds is 13. The van der Waals surface area contributed by atoms with E-state index in [1.807, 2.05) is 12.1 Å². The molecule has 0 spiro atoms. The third kappa shape index (κ3) is 9.05. The molecule has 1 atom stereocenters. The van der Waals surface area contributed by atoms with Crippen LogP contribution in [-0.2, 0) is 19.6 Å². The Morgan fingerprint density at radius 3 is 2.21 bits per heavy atom. The third-order valence-corrected chi connectivity index (χ3v) is 10.4. The summed E-state index contributed by atoms with van der Waals surface area (Å²) in [4.78, 5) is 14.4. The minimum Gasteiger partial charge on any atom is -0.370 e. The van der Waals surface area contributed by atoms with Crippen LogP contribution >= 0.6 is 34.8 Å².